The summed E-state index contributed by atoms with van der Waals surface area (Å²) in [5.74, 6) is 0.600. The van der Waals surface area contributed by atoms with Crippen molar-refractivity contribution in [3.05, 3.63) is 5.82 Å². The van der Waals surface area contributed by atoms with Crippen LogP contribution in [-0.2, 0) is 4.79 Å². The molecule has 8 heteroatoms. The third-order valence-electron chi connectivity index (χ3n) is 6.45. The minimum absolute atomic E-state index is 0.140. The Bertz CT molecular complexity index is 719. The fourth-order valence-corrected chi connectivity index (χ4v) is 7.30. The smallest absolute Gasteiger partial charge is 0.273 e. The number of hydrogen-bond acceptors (Lipinski definition) is 4. The zero-order valence-corrected chi connectivity index (χ0v) is 16.3. The number of halogens is 2. The zero-order valence-electron chi connectivity index (χ0n) is 15.5. The number of carbonyl (C=O) groups is 1. The van der Waals surface area contributed by atoms with Crippen molar-refractivity contribution in [1.82, 2.24) is 14.9 Å². The monoisotopic (exact) mass is 384 g/mol. The number of nitrogens with zero attached hydrogens (tertiary/aromatic N) is 3. The van der Waals surface area contributed by atoms with Gasteiger partial charge in [0, 0.05) is 0 Å². The average molecular weight is 384 g/mol. The Balaban J connectivity index is 1.64. The van der Waals surface area contributed by atoms with Crippen LogP contribution in [0.1, 0.15) is 71.5 Å². The van der Waals surface area contributed by atoms with Gasteiger partial charge in [0.1, 0.15) is 0 Å². The van der Waals surface area contributed by atoms with E-state index in [0.29, 0.717) is 16.8 Å². The molecule has 1 aromatic heterocycles. The summed E-state index contributed by atoms with van der Waals surface area (Å²) >= 11 is 1.30. The lowest BCUT2D eigenvalue weighted by Gasteiger charge is -2.64. The predicted octanol–water partition coefficient (Wildman–Crippen LogP) is 4.39. The third kappa shape index (κ3) is 2.84. The van der Waals surface area contributed by atoms with Crippen LogP contribution in [0.5, 0.6) is 0 Å². The van der Waals surface area contributed by atoms with Crippen molar-refractivity contribution in [2.45, 2.75) is 70.9 Å². The van der Waals surface area contributed by atoms with Crippen LogP contribution in [0.3, 0.4) is 0 Å². The summed E-state index contributed by atoms with van der Waals surface area (Å²) in [4.78, 5) is 13.3. The number of thioether (sulfide) groups is 1. The number of nitrogens with one attached hydrogen (secondary N) is 1. The van der Waals surface area contributed by atoms with Crippen molar-refractivity contribution in [3.63, 3.8) is 0 Å². The van der Waals surface area contributed by atoms with Crippen LogP contribution in [0, 0.1) is 22.2 Å². The Morgan fingerprint density at radius 1 is 1.23 bits per heavy atom. The molecule has 0 saturated heterocycles. The summed E-state index contributed by atoms with van der Waals surface area (Å²) in [6.45, 7) is 6.49. The largest absolute Gasteiger partial charge is 0.299 e. The van der Waals surface area contributed by atoms with Crippen LogP contribution in [0.2, 0.25) is 0 Å². The SMILES string of the molecule is CCSc1nnc(C(F)F)n1NC(=O)C12CC3C[C@@](C)(C1)C[C@](C)(C3)C2. The first-order valence-corrected chi connectivity index (χ1v) is 10.3. The average Bonchev–Trinajstić information content (AvgIpc) is 2.87. The van der Waals surface area contributed by atoms with E-state index in [0.717, 1.165) is 30.4 Å². The van der Waals surface area contributed by atoms with Gasteiger partial charge in [-0.25, -0.2) is 13.5 Å². The molecule has 4 atom stereocenters. The first-order chi connectivity index (χ1) is 12.2. The highest BCUT2D eigenvalue weighted by Gasteiger charge is 2.62. The highest BCUT2D eigenvalue weighted by Crippen LogP contribution is 2.69. The summed E-state index contributed by atoms with van der Waals surface area (Å²) in [5.41, 5.74) is 2.68. The molecular weight excluding hydrogens is 358 g/mol. The van der Waals surface area contributed by atoms with Crippen LogP contribution >= 0.6 is 11.8 Å². The maximum absolute atomic E-state index is 13.3. The lowest BCUT2D eigenvalue weighted by atomic mass is 9.40. The van der Waals surface area contributed by atoms with Gasteiger partial charge in [0.05, 0.1) is 5.41 Å². The molecule has 26 heavy (non-hydrogen) atoms. The van der Waals surface area contributed by atoms with Crippen molar-refractivity contribution in [3.8, 4) is 0 Å². The molecule has 2 unspecified atom stereocenters. The van der Waals surface area contributed by atoms with Crippen molar-refractivity contribution in [2.75, 3.05) is 11.2 Å². The van der Waals surface area contributed by atoms with Gasteiger partial charge in [-0.3, -0.25) is 10.2 Å². The molecule has 4 aliphatic carbocycles. The quantitative estimate of drug-likeness (QED) is 0.765. The van der Waals surface area contributed by atoms with E-state index in [1.54, 1.807) is 0 Å². The van der Waals surface area contributed by atoms with Crippen LogP contribution in [0.15, 0.2) is 5.16 Å². The van der Waals surface area contributed by atoms with E-state index < -0.39 is 17.7 Å². The van der Waals surface area contributed by atoms with Gasteiger partial charge in [-0.1, -0.05) is 32.5 Å². The Hall–Kier alpha value is -1.18. The molecule has 4 saturated carbocycles. The van der Waals surface area contributed by atoms with Crippen molar-refractivity contribution in [1.29, 1.82) is 0 Å². The topological polar surface area (TPSA) is 59.8 Å². The number of rotatable bonds is 5. The van der Waals surface area contributed by atoms with Crippen LogP contribution in [0.4, 0.5) is 8.78 Å². The summed E-state index contributed by atoms with van der Waals surface area (Å²) in [6, 6.07) is 0. The van der Waals surface area contributed by atoms with E-state index in [1.165, 1.54) is 24.6 Å². The van der Waals surface area contributed by atoms with E-state index in [2.05, 4.69) is 29.5 Å². The maximum atomic E-state index is 13.3. The molecule has 0 radical (unpaired) electrons. The van der Waals surface area contributed by atoms with Gasteiger partial charge in [-0.15, -0.1) is 10.2 Å². The number of aromatic nitrogens is 3. The Labute approximate surface area is 156 Å². The number of carbonyl (C=O) groups excluding carboxylic acids is 1. The van der Waals surface area contributed by atoms with E-state index in [-0.39, 0.29) is 16.7 Å². The third-order valence-corrected chi connectivity index (χ3v) is 7.26. The molecule has 5 nitrogen and oxygen atoms in total. The molecular formula is C18H26F2N4OS. The second-order valence-corrected chi connectivity index (χ2v) is 10.5. The predicted molar refractivity (Wildman–Crippen MR) is 95.6 cm³/mol. The van der Waals surface area contributed by atoms with Gasteiger partial charge >= 0.3 is 0 Å². The highest BCUT2D eigenvalue weighted by atomic mass is 32.2. The van der Waals surface area contributed by atoms with Crippen LogP contribution < -0.4 is 5.43 Å². The molecule has 1 N–H and O–H groups in total. The van der Waals surface area contributed by atoms with Gasteiger partial charge < -0.3 is 0 Å². The molecule has 4 fully saturated rings. The maximum Gasteiger partial charge on any atom is 0.299 e. The van der Waals surface area contributed by atoms with Crippen molar-refractivity contribution >= 4 is 17.7 Å². The summed E-state index contributed by atoms with van der Waals surface area (Å²) < 4.78 is 27.8. The molecule has 1 amide bonds. The van der Waals surface area contributed by atoms with Gasteiger partial charge in [-0.05, 0) is 61.0 Å². The first kappa shape index (κ1) is 18.2. The lowest BCUT2D eigenvalue weighted by Crippen LogP contribution is -2.59. The molecule has 4 aliphatic rings. The molecule has 0 spiro atoms. The van der Waals surface area contributed by atoms with E-state index >= 15 is 0 Å². The standard InChI is InChI=1S/C18H26F2N4OS/c1-4-26-15-22-21-13(12(19)20)24(15)23-14(25)18-7-11-5-16(2,9-18)8-17(3,6-11)10-18/h11-12H,4-10H2,1-3H3,(H,23,25)/t11?,16-,17+,18?. The van der Waals surface area contributed by atoms with Gasteiger partial charge in [0.15, 0.2) is 0 Å². The summed E-state index contributed by atoms with van der Waals surface area (Å²) in [5, 5.41) is 7.74. The second-order valence-electron chi connectivity index (χ2n) is 9.26. The van der Waals surface area contributed by atoms with Crippen molar-refractivity contribution in [2.24, 2.45) is 22.2 Å². The fourth-order valence-electron chi connectivity index (χ4n) is 6.67. The Morgan fingerprint density at radius 3 is 2.42 bits per heavy atom. The molecule has 0 aromatic carbocycles. The molecule has 1 heterocycles. The highest BCUT2D eigenvalue weighted by molar-refractivity contribution is 7.99. The van der Waals surface area contributed by atoms with Gasteiger partial charge in [0.2, 0.25) is 16.9 Å². The number of alkyl halides is 2. The molecule has 5 rings (SSSR count). The molecule has 4 bridgehead atoms. The van der Waals surface area contributed by atoms with E-state index in [1.807, 2.05) is 6.92 Å². The van der Waals surface area contributed by atoms with Gasteiger partial charge in [-0.2, -0.15) is 0 Å². The minimum atomic E-state index is -2.78. The number of amides is 1. The minimum Gasteiger partial charge on any atom is -0.273 e. The molecule has 0 aliphatic heterocycles. The zero-order chi connectivity index (χ0) is 18.7. The first-order valence-electron chi connectivity index (χ1n) is 9.35. The van der Waals surface area contributed by atoms with Gasteiger partial charge in [0.25, 0.3) is 6.43 Å². The molecule has 1 aromatic rings. The Kier molecular flexibility index (Phi) is 4.13. The van der Waals surface area contributed by atoms with E-state index in [9.17, 15) is 13.6 Å². The van der Waals surface area contributed by atoms with Crippen molar-refractivity contribution < 1.29 is 13.6 Å². The Morgan fingerprint density at radius 2 is 1.88 bits per heavy atom. The summed E-state index contributed by atoms with van der Waals surface area (Å²) in [6.07, 6.45) is 3.32. The lowest BCUT2D eigenvalue weighted by molar-refractivity contribution is -0.166. The fraction of sp³-hybridized carbons (Fsp3) is 0.833. The second kappa shape index (κ2) is 5.91. The van der Waals surface area contributed by atoms with Crippen LogP contribution in [0.25, 0.3) is 0 Å². The molecule has 144 valence electrons. The normalized spacial score (nSPS) is 38.2. The van der Waals surface area contributed by atoms with E-state index in [4.69, 9.17) is 0 Å². The number of hydrogen-bond donors (Lipinski definition) is 1. The van der Waals surface area contributed by atoms with Crippen LogP contribution in [-0.4, -0.2) is 26.5 Å². The summed E-state index contributed by atoms with van der Waals surface area (Å²) in [7, 11) is 0.